The van der Waals surface area contributed by atoms with Gasteiger partial charge < -0.3 is 19.4 Å². The highest BCUT2D eigenvalue weighted by Gasteiger charge is 2.22. The average Bonchev–Trinajstić information content (AvgIpc) is 2.65. The summed E-state index contributed by atoms with van der Waals surface area (Å²) in [6, 6.07) is 11.5. The van der Waals surface area contributed by atoms with Crippen LogP contribution in [0.2, 0.25) is 0 Å². The van der Waals surface area contributed by atoms with Crippen LogP contribution in [0.15, 0.2) is 53.4 Å². The summed E-state index contributed by atoms with van der Waals surface area (Å²) in [6.07, 6.45) is 0.362. The molecule has 2 aromatic carbocycles. The Morgan fingerprint density at radius 1 is 1.07 bits per heavy atom. The zero-order chi connectivity index (χ0) is 19.9. The van der Waals surface area contributed by atoms with Crippen LogP contribution in [0, 0.1) is 0 Å². The number of sulfonamides is 1. The van der Waals surface area contributed by atoms with Crippen LogP contribution in [0.5, 0.6) is 11.5 Å². The summed E-state index contributed by atoms with van der Waals surface area (Å²) in [5.74, 6) is -0.211. The number of carboxylic acids is 1. The van der Waals surface area contributed by atoms with Crippen molar-refractivity contribution in [1.29, 1.82) is 0 Å². The highest BCUT2D eigenvalue weighted by atomic mass is 32.2. The number of ether oxygens (including phenoxy) is 2. The lowest BCUT2D eigenvalue weighted by Crippen LogP contribution is -2.34. The molecule has 7 nitrogen and oxygen atoms in total. The van der Waals surface area contributed by atoms with Gasteiger partial charge in [-0.3, -0.25) is 0 Å². The van der Waals surface area contributed by atoms with E-state index in [0.29, 0.717) is 23.7 Å². The van der Waals surface area contributed by atoms with E-state index in [1.165, 1.54) is 31.4 Å². The number of benzene rings is 2. The van der Waals surface area contributed by atoms with Crippen LogP contribution >= 0.6 is 0 Å². The number of methoxy groups -OCH3 is 1. The summed E-state index contributed by atoms with van der Waals surface area (Å²) >= 11 is 0. The van der Waals surface area contributed by atoms with Crippen LogP contribution in [0.4, 0.5) is 0 Å². The van der Waals surface area contributed by atoms with Gasteiger partial charge in [0.2, 0.25) is 10.0 Å². The molecule has 0 aliphatic carbocycles. The minimum absolute atomic E-state index is 0.00884. The normalized spacial score (nSPS) is 12.4. The Labute approximate surface area is 159 Å². The van der Waals surface area contributed by atoms with Gasteiger partial charge in [0.05, 0.1) is 24.7 Å². The monoisotopic (exact) mass is 392 g/mol. The Kier molecular flexibility index (Phi) is 7.20. The number of carbonyl (C=O) groups is 1. The minimum atomic E-state index is -3.93. The topological polar surface area (TPSA) is 105 Å². The van der Waals surface area contributed by atoms with Gasteiger partial charge in [-0.25, -0.2) is 13.1 Å². The van der Waals surface area contributed by atoms with Crippen molar-refractivity contribution in [3.63, 3.8) is 0 Å². The van der Waals surface area contributed by atoms with E-state index < -0.39 is 28.5 Å². The second kappa shape index (κ2) is 9.38. The molecule has 0 heterocycles. The van der Waals surface area contributed by atoms with Gasteiger partial charge in [-0.2, -0.15) is 0 Å². The number of hydrogen-bond donors (Lipinski definition) is 1. The van der Waals surface area contributed by atoms with Gasteiger partial charge in [0, 0.05) is 12.4 Å². The molecule has 0 unspecified atom stereocenters. The molecule has 0 saturated carbocycles. The second-order valence-electron chi connectivity index (χ2n) is 5.84. The largest absolute Gasteiger partial charge is 0.550 e. The van der Waals surface area contributed by atoms with Crippen molar-refractivity contribution in [3.8, 4) is 11.5 Å². The molecule has 8 heteroatoms. The number of carbonyl (C=O) groups excluding carboxylic acids is 1. The zero-order valence-corrected chi connectivity index (χ0v) is 16.0. The van der Waals surface area contributed by atoms with E-state index >= 15 is 0 Å². The summed E-state index contributed by atoms with van der Waals surface area (Å²) in [5, 5.41) is 11.1. The van der Waals surface area contributed by atoms with Gasteiger partial charge in [0.15, 0.2) is 0 Å². The molecular weight excluding hydrogens is 370 g/mol. The highest BCUT2D eigenvalue weighted by Crippen LogP contribution is 2.24. The number of aliphatic carboxylic acids is 1. The Balaban J connectivity index is 2.23. The number of nitrogens with one attached hydrogen (secondary N) is 1. The first-order valence-electron chi connectivity index (χ1n) is 8.44. The van der Waals surface area contributed by atoms with E-state index in [0.717, 1.165) is 6.42 Å². The zero-order valence-electron chi connectivity index (χ0n) is 15.2. The molecule has 0 aliphatic heterocycles. The van der Waals surface area contributed by atoms with Gasteiger partial charge in [0.25, 0.3) is 0 Å². The van der Waals surface area contributed by atoms with Crippen LogP contribution in [0.1, 0.15) is 31.4 Å². The lowest BCUT2D eigenvalue weighted by atomic mass is 10.0. The number of hydrogen-bond acceptors (Lipinski definition) is 6. The Hall–Kier alpha value is -2.58. The molecule has 0 saturated heterocycles. The van der Waals surface area contributed by atoms with Crippen LogP contribution < -0.4 is 19.3 Å². The van der Waals surface area contributed by atoms with Crippen molar-refractivity contribution in [1.82, 2.24) is 4.72 Å². The van der Waals surface area contributed by atoms with Crippen LogP contribution in [-0.2, 0) is 14.8 Å². The first-order valence-corrected chi connectivity index (χ1v) is 9.93. The fraction of sp³-hybridized carbons (Fsp3) is 0.316. The Morgan fingerprint density at radius 3 is 2.19 bits per heavy atom. The third-order valence-electron chi connectivity index (χ3n) is 3.79. The smallest absolute Gasteiger partial charge is 0.241 e. The predicted octanol–water partition coefficient (Wildman–Crippen LogP) is 1.64. The lowest BCUT2D eigenvalue weighted by molar-refractivity contribution is -0.306. The summed E-state index contributed by atoms with van der Waals surface area (Å²) in [5.41, 5.74) is 0.500. The summed E-state index contributed by atoms with van der Waals surface area (Å²) < 4.78 is 38.2. The maximum Gasteiger partial charge on any atom is 0.241 e. The van der Waals surface area contributed by atoms with Gasteiger partial charge in [-0.15, -0.1) is 0 Å². The molecule has 0 spiro atoms. The molecule has 2 rings (SSSR count). The van der Waals surface area contributed by atoms with Crippen molar-refractivity contribution in [2.24, 2.45) is 0 Å². The minimum Gasteiger partial charge on any atom is -0.550 e. The second-order valence-corrected chi connectivity index (χ2v) is 7.56. The lowest BCUT2D eigenvalue weighted by Gasteiger charge is -2.20. The Morgan fingerprint density at radius 2 is 1.67 bits per heavy atom. The third-order valence-corrected chi connectivity index (χ3v) is 5.28. The maximum absolute atomic E-state index is 12.6. The number of rotatable bonds is 10. The first-order chi connectivity index (χ1) is 12.9. The van der Waals surface area contributed by atoms with Crippen LogP contribution in [-0.4, -0.2) is 28.1 Å². The maximum atomic E-state index is 12.6. The molecule has 27 heavy (non-hydrogen) atoms. The van der Waals surface area contributed by atoms with Crippen molar-refractivity contribution in [3.05, 3.63) is 54.1 Å². The van der Waals surface area contributed by atoms with Gasteiger partial charge in [-0.05, 0) is 48.4 Å². The van der Waals surface area contributed by atoms with Crippen LogP contribution in [0.3, 0.4) is 0 Å². The van der Waals surface area contributed by atoms with E-state index in [4.69, 9.17) is 9.47 Å². The Bertz CT molecular complexity index is 847. The predicted molar refractivity (Wildman–Crippen MR) is 97.9 cm³/mol. The summed E-state index contributed by atoms with van der Waals surface area (Å²) in [6.45, 7) is 2.55. The molecule has 2 aromatic rings. The number of carboxylic acid groups (broad SMARTS) is 1. The van der Waals surface area contributed by atoms with Gasteiger partial charge >= 0.3 is 0 Å². The molecular formula is C19H22NO6S-. The van der Waals surface area contributed by atoms with Crippen molar-refractivity contribution in [2.75, 3.05) is 13.7 Å². The molecule has 0 amide bonds. The molecule has 1 N–H and O–H groups in total. The molecule has 1 atom stereocenters. The quantitative estimate of drug-likeness (QED) is 0.659. The van der Waals surface area contributed by atoms with Crippen molar-refractivity contribution >= 4 is 16.0 Å². The molecule has 0 bridgehead atoms. The van der Waals surface area contributed by atoms with Gasteiger partial charge in [0.1, 0.15) is 11.5 Å². The van der Waals surface area contributed by atoms with Gasteiger partial charge in [-0.1, -0.05) is 19.1 Å². The molecule has 0 aliphatic rings. The van der Waals surface area contributed by atoms with E-state index in [9.17, 15) is 18.3 Å². The fourth-order valence-electron chi connectivity index (χ4n) is 2.42. The van der Waals surface area contributed by atoms with E-state index in [1.807, 2.05) is 6.92 Å². The third kappa shape index (κ3) is 5.97. The summed E-state index contributed by atoms with van der Waals surface area (Å²) in [7, 11) is -2.45. The SMILES string of the molecule is CCCOc1ccc([C@H](CC(=O)[O-])NS(=O)(=O)c2ccc(OC)cc2)cc1. The van der Waals surface area contributed by atoms with E-state index in [2.05, 4.69) is 4.72 Å². The van der Waals surface area contributed by atoms with Crippen molar-refractivity contribution < 1.29 is 27.8 Å². The van der Waals surface area contributed by atoms with Crippen molar-refractivity contribution in [2.45, 2.75) is 30.7 Å². The standard InChI is InChI=1S/C19H23NO6S/c1-3-12-26-16-6-4-14(5-7-16)18(13-19(21)22)20-27(23,24)17-10-8-15(25-2)9-11-17/h4-11,18,20H,3,12-13H2,1-2H3,(H,21,22)/p-1/t18-/m0/s1. The highest BCUT2D eigenvalue weighted by molar-refractivity contribution is 7.89. The fourth-order valence-corrected chi connectivity index (χ4v) is 3.65. The molecule has 0 radical (unpaired) electrons. The van der Waals surface area contributed by atoms with Crippen LogP contribution in [0.25, 0.3) is 0 Å². The first kappa shape index (κ1) is 20.7. The van der Waals surface area contributed by atoms with E-state index in [1.54, 1.807) is 24.3 Å². The summed E-state index contributed by atoms with van der Waals surface area (Å²) in [4.78, 5) is 11.1. The molecule has 0 aromatic heterocycles. The average molecular weight is 392 g/mol. The van der Waals surface area contributed by atoms with E-state index in [-0.39, 0.29) is 4.90 Å². The molecule has 0 fully saturated rings. The molecule has 146 valence electrons.